The summed E-state index contributed by atoms with van der Waals surface area (Å²) in [6.45, 7) is 1.75. The van der Waals surface area contributed by atoms with Crippen molar-refractivity contribution in [3.05, 3.63) is 58.9 Å². The highest BCUT2D eigenvalue weighted by atomic mass is 35.5. The quantitative estimate of drug-likeness (QED) is 0.517. The molecule has 6 nitrogen and oxygen atoms in total. The number of aromatic nitrogens is 1. The highest BCUT2D eigenvalue weighted by Crippen LogP contribution is 2.22. The predicted octanol–water partition coefficient (Wildman–Crippen LogP) is 2.13. The van der Waals surface area contributed by atoms with Gasteiger partial charge in [-0.1, -0.05) is 23.7 Å². The van der Waals surface area contributed by atoms with Crippen LogP contribution in [0.3, 0.4) is 0 Å². The first-order chi connectivity index (χ1) is 10.6. The van der Waals surface area contributed by atoms with Crippen molar-refractivity contribution in [3.63, 3.8) is 0 Å². The van der Waals surface area contributed by atoms with Gasteiger partial charge in [-0.3, -0.25) is 14.6 Å². The van der Waals surface area contributed by atoms with Crippen LogP contribution in [-0.2, 0) is 9.59 Å². The van der Waals surface area contributed by atoms with Gasteiger partial charge in [0, 0.05) is 28.7 Å². The minimum Gasteiger partial charge on any atom is -0.317 e. The molecule has 1 heterocycles. The van der Waals surface area contributed by atoms with Gasteiger partial charge in [0.1, 0.15) is 0 Å². The molecule has 2 aromatic rings. The zero-order valence-corrected chi connectivity index (χ0v) is 12.5. The molecule has 2 rings (SSSR count). The molecule has 0 aliphatic heterocycles. The third-order valence-electron chi connectivity index (χ3n) is 2.79. The van der Waals surface area contributed by atoms with Crippen molar-refractivity contribution < 1.29 is 9.59 Å². The molecule has 7 heteroatoms. The second-order valence-corrected chi connectivity index (χ2v) is 4.76. The monoisotopic (exact) mass is 316 g/mol. The Morgan fingerprint density at radius 2 is 2.05 bits per heavy atom. The number of hydrogen-bond donors (Lipinski definition) is 2. The highest BCUT2D eigenvalue weighted by molar-refractivity contribution is 6.40. The van der Waals surface area contributed by atoms with E-state index in [2.05, 4.69) is 20.8 Å². The number of carbonyl (C=O) groups excluding carboxylic acids is 2. The number of carbonyl (C=O) groups is 2. The molecule has 0 aliphatic carbocycles. The zero-order chi connectivity index (χ0) is 15.9. The fourth-order valence-corrected chi connectivity index (χ4v) is 1.77. The normalized spacial score (nSPS) is 10.5. The second kappa shape index (κ2) is 7.33. The van der Waals surface area contributed by atoms with Gasteiger partial charge < -0.3 is 5.32 Å². The molecule has 1 aromatic carbocycles. The van der Waals surface area contributed by atoms with Crippen LogP contribution in [0.4, 0.5) is 5.69 Å². The Hall–Kier alpha value is -2.73. The number of pyridine rings is 1. The number of amides is 2. The molecule has 0 fully saturated rings. The highest BCUT2D eigenvalue weighted by Gasteiger charge is 2.14. The molecule has 0 radical (unpaired) electrons. The summed E-state index contributed by atoms with van der Waals surface area (Å²) in [5, 5.41) is 6.68. The molecule has 1 aromatic heterocycles. The molecule has 2 amide bonds. The standard InChI is InChI=1S/C15H13ClN4O2/c1-10-12(16)5-2-6-13(10)19-14(21)15(22)20-18-9-11-4-3-7-17-8-11/h2-9H,1H3,(H,19,21)(H,20,22)/b18-9+. The first-order valence-corrected chi connectivity index (χ1v) is 6.75. The molecule has 0 bridgehead atoms. The second-order valence-electron chi connectivity index (χ2n) is 4.35. The van der Waals surface area contributed by atoms with E-state index in [9.17, 15) is 9.59 Å². The Morgan fingerprint density at radius 3 is 2.77 bits per heavy atom. The lowest BCUT2D eigenvalue weighted by Gasteiger charge is -2.08. The molecule has 2 N–H and O–H groups in total. The number of hydrazone groups is 1. The molecule has 0 saturated heterocycles. The number of anilines is 1. The maximum absolute atomic E-state index is 11.8. The SMILES string of the molecule is Cc1c(Cl)cccc1NC(=O)C(=O)N/N=C/c1cccnc1. The van der Waals surface area contributed by atoms with Crippen molar-refractivity contribution >= 4 is 35.3 Å². The van der Waals surface area contributed by atoms with E-state index in [1.165, 1.54) is 6.21 Å². The van der Waals surface area contributed by atoms with E-state index in [0.717, 1.165) is 0 Å². The summed E-state index contributed by atoms with van der Waals surface area (Å²) in [6, 6.07) is 8.54. The van der Waals surface area contributed by atoms with Crippen molar-refractivity contribution in [3.8, 4) is 0 Å². The molecule has 0 unspecified atom stereocenters. The maximum Gasteiger partial charge on any atom is 0.329 e. The van der Waals surface area contributed by atoms with Crippen LogP contribution in [0.2, 0.25) is 5.02 Å². The number of nitrogens with zero attached hydrogens (tertiary/aromatic N) is 2. The van der Waals surface area contributed by atoms with Crippen LogP contribution in [0.25, 0.3) is 0 Å². The molecule has 0 aliphatic rings. The molecule has 112 valence electrons. The van der Waals surface area contributed by atoms with E-state index < -0.39 is 11.8 Å². The van der Waals surface area contributed by atoms with Gasteiger partial charge in [0.2, 0.25) is 0 Å². The summed E-state index contributed by atoms with van der Waals surface area (Å²) >= 11 is 5.95. The van der Waals surface area contributed by atoms with Crippen LogP contribution < -0.4 is 10.7 Å². The largest absolute Gasteiger partial charge is 0.329 e. The smallest absolute Gasteiger partial charge is 0.317 e. The summed E-state index contributed by atoms with van der Waals surface area (Å²) in [7, 11) is 0. The summed E-state index contributed by atoms with van der Waals surface area (Å²) in [5.74, 6) is -1.70. The van der Waals surface area contributed by atoms with E-state index in [1.807, 2.05) is 0 Å². The topological polar surface area (TPSA) is 83.5 Å². The predicted molar refractivity (Wildman–Crippen MR) is 84.8 cm³/mol. The number of benzene rings is 1. The number of nitrogens with one attached hydrogen (secondary N) is 2. The number of halogens is 1. The Labute approximate surface area is 132 Å². The van der Waals surface area contributed by atoms with Gasteiger partial charge in [-0.25, -0.2) is 5.43 Å². The molecule has 0 spiro atoms. The van der Waals surface area contributed by atoms with Crippen LogP contribution in [0.5, 0.6) is 0 Å². The Morgan fingerprint density at radius 1 is 1.23 bits per heavy atom. The van der Waals surface area contributed by atoms with Gasteiger partial charge in [0.05, 0.1) is 6.21 Å². The van der Waals surface area contributed by atoms with Crippen LogP contribution in [0, 0.1) is 6.92 Å². The van der Waals surface area contributed by atoms with Gasteiger partial charge in [0.25, 0.3) is 0 Å². The molecule has 0 atom stereocenters. The average molecular weight is 317 g/mol. The van der Waals surface area contributed by atoms with E-state index in [1.54, 1.807) is 49.6 Å². The van der Waals surface area contributed by atoms with Crippen molar-refractivity contribution in [2.45, 2.75) is 6.92 Å². The summed E-state index contributed by atoms with van der Waals surface area (Å²) in [6.07, 6.45) is 4.59. The van der Waals surface area contributed by atoms with Gasteiger partial charge in [-0.15, -0.1) is 0 Å². The van der Waals surface area contributed by atoms with Gasteiger partial charge in [-0.05, 0) is 30.7 Å². The van der Waals surface area contributed by atoms with Crippen LogP contribution in [0.1, 0.15) is 11.1 Å². The Bertz CT molecular complexity index is 717. The summed E-state index contributed by atoms with van der Waals surface area (Å²) < 4.78 is 0. The molecule has 22 heavy (non-hydrogen) atoms. The van der Waals surface area contributed by atoms with Crippen molar-refractivity contribution in [1.82, 2.24) is 10.4 Å². The first kappa shape index (κ1) is 15.7. The van der Waals surface area contributed by atoms with Crippen LogP contribution in [0.15, 0.2) is 47.8 Å². The minimum atomic E-state index is -0.875. The van der Waals surface area contributed by atoms with Gasteiger partial charge >= 0.3 is 11.8 Å². The fourth-order valence-electron chi connectivity index (χ4n) is 1.59. The number of rotatable bonds is 3. The van der Waals surface area contributed by atoms with Gasteiger partial charge in [-0.2, -0.15) is 5.10 Å². The zero-order valence-electron chi connectivity index (χ0n) is 11.7. The Balaban J connectivity index is 1.94. The summed E-state index contributed by atoms with van der Waals surface area (Å²) in [5.41, 5.74) is 4.01. The van der Waals surface area contributed by atoms with Crippen molar-refractivity contribution in [2.24, 2.45) is 5.10 Å². The lowest BCUT2D eigenvalue weighted by molar-refractivity contribution is -0.136. The third-order valence-corrected chi connectivity index (χ3v) is 3.20. The molecular weight excluding hydrogens is 304 g/mol. The van der Waals surface area contributed by atoms with E-state index in [0.29, 0.717) is 21.8 Å². The van der Waals surface area contributed by atoms with Crippen LogP contribution in [-0.4, -0.2) is 23.0 Å². The first-order valence-electron chi connectivity index (χ1n) is 6.37. The van der Waals surface area contributed by atoms with Gasteiger partial charge in [0.15, 0.2) is 0 Å². The van der Waals surface area contributed by atoms with Crippen molar-refractivity contribution in [2.75, 3.05) is 5.32 Å². The van der Waals surface area contributed by atoms with E-state index in [-0.39, 0.29) is 0 Å². The number of hydrogen-bond acceptors (Lipinski definition) is 4. The van der Waals surface area contributed by atoms with E-state index >= 15 is 0 Å². The lowest BCUT2D eigenvalue weighted by atomic mass is 10.2. The fraction of sp³-hybridized carbons (Fsp3) is 0.0667. The minimum absolute atomic E-state index is 0.476. The molecule has 0 saturated carbocycles. The average Bonchev–Trinajstić information content (AvgIpc) is 2.52. The van der Waals surface area contributed by atoms with E-state index in [4.69, 9.17) is 11.6 Å². The summed E-state index contributed by atoms with van der Waals surface area (Å²) in [4.78, 5) is 27.3. The van der Waals surface area contributed by atoms with Crippen molar-refractivity contribution in [1.29, 1.82) is 0 Å². The van der Waals surface area contributed by atoms with Crippen LogP contribution >= 0.6 is 11.6 Å². The lowest BCUT2D eigenvalue weighted by Crippen LogP contribution is -2.32. The maximum atomic E-state index is 11.8. The molecular formula is C15H13ClN4O2. The Kier molecular flexibility index (Phi) is 5.21. The third kappa shape index (κ3) is 4.13.